The van der Waals surface area contributed by atoms with E-state index in [2.05, 4.69) is 31.3 Å². The fraction of sp³-hybridized carbons (Fsp3) is 0.921. The zero-order valence-electron chi connectivity index (χ0n) is 31.1. The first-order valence-corrected chi connectivity index (χ1v) is 21.4. The summed E-state index contributed by atoms with van der Waals surface area (Å²) in [5.41, 5.74) is 5.35. The van der Waals surface area contributed by atoms with E-state index in [1.807, 2.05) is 0 Å². The first kappa shape index (κ1) is 47.2. The second kappa shape index (κ2) is 34.6. The van der Waals surface area contributed by atoms with Gasteiger partial charge in [0.2, 0.25) is 5.91 Å². The average molecular weight is 705 g/mol. The van der Waals surface area contributed by atoms with Gasteiger partial charge in [0.25, 0.3) is 0 Å². The number of hydrogen-bond acceptors (Lipinski definition) is 7. The van der Waals surface area contributed by atoms with E-state index in [1.54, 1.807) is 0 Å². The Labute approximate surface area is 295 Å². The van der Waals surface area contributed by atoms with Crippen molar-refractivity contribution in [1.29, 1.82) is 0 Å². The number of aliphatic hydroxyl groups excluding tert-OH is 2. The van der Waals surface area contributed by atoms with E-state index in [1.165, 1.54) is 103 Å². The number of nitrogens with two attached hydrogens (primary N) is 1. The highest BCUT2D eigenvalue weighted by Gasteiger charge is 2.28. The minimum atomic E-state index is -4.37. The number of hydrogen-bond donors (Lipinski definition) is 5. The van der Waals surface area contributed by atoms with Gasteiger partial charge in [-0.05, 0) is 38.5 Å². The SMILES string of the molecule is CCCCC/C=C\CCCCCC(O)CC(=O)NC(COP(=O)(O)OCCN)C(O)CCCCCCCCCCCCCCCCCC. The van der Waals surface area contributed by atoms with Crippen LogP contribution in [-0.4, -0.2) is 59.0 Å². The van der Waals surface area contributed by atoms with Crippen molar-refractivity contribution in [2.75, 3.05) is 19.8 Å². The molecule has 0 aromatic carbocycles. The second-order valence-electron chi connectivity index (χ2n) is 13.7. The molecule has 6 N–H and O–H groups in total. The number of phosphoric ester groups is 1. The molecule has 0 bridgehead atoms. The van der Waals surface area contributed by atoms with E-state index in [4.69, 9.17) is 14.8 Å². The number of unbranched alkanes of at least 4 members (excludes halogenated alkanes) is 21. The maximum atomic E-state index is 12.7. The van der Waals surface area contributed by atoms with Gasteiger partial charge in [0.15, 0.2) is 0 Å². The van der Waals surface area contributed by atoms with E-state index in [0.29, 0.717) is 12.8 Å². The lowest BCUT2D eigenvalue weighted by Crippen LogP contribution is -2.47. The Bertz CT molecular complexity index is 786. The van der Waals surface area contributed by atoms with E-state index in [0.717, 1.165) is 51.4 Å². The minimum Gasteiger partial charge on any atom is -0.393 e. The number of aliphatic hydroxyl groups is 2. The number of allylic oxidation sites excluding steroid dienone is 2. The molecule has 0 saturated carbocycles. The van der Waals surface area contributed by atoms with Crippen molar-refractivity contribution in [1.82, 2.24) is 5.32 Å². The Balaban J connectivity index is 4.33. The molecule has 0 aromatic rings. The van der Waals surface area contributed by atoms with Crippen LogP contribution in [0, 0.1) is 0 Å². The highest BCUT2D eigenvalue weighted by Crippen LogP contribution is 2.43. The monoisotopic (exact) mass is 705 g/mol. The van der Waals surface area contributed by atoms with Crippen LogP contribution in [0.4, 0.5) is 0 Å². The normalized spacial score (nSPS) is 15.0. The molecule has 0 rings (SSSR count). The zero-order valence-corrected chi connectivity index (χ0v) is 32.0. The molecule has 0 saturated heterocycles. The number of rotatable bonds is 37. The fourth-order valence-electron chi connectivity index (χ4n) is 5.88. The predicted octanol–water partition coefficient (Wildman–Crippen LogP) is 9.41. The highest BCUT2D eigenvalue weighted by molar-refractivity contribution is 7.47. The van der Waals surface area contributed by atoms with Crippen LogP contribution in [0.1, 0.15) is 187 Å². The first-order chi connectivity index (χ1) is 23.3. The quantitative estimate of drug-likeness (QED) is 0.0244. The zero-order chi connectivity index (χ0) is 35.6. The molecule has 0 aromatic heterocycles. The molecular formula is C38H77N2O7P. The summed E-state index contributed by atoms with van der Waals surface area (Å²) < 4.78 is 22.1. The molecule has 0 aliphatic heterocycles. The molecule has 4 atom stereocenters. The molecule has 0 heterocycles. The lowest BCUT2D eigenvalue weighted by Gasteiger charge is -2.25. The van der Waals surface area contributed by atoms with Gasteiger partial charge < -0.3 is 26.2 Å². The Hall–Kier alpha value is -0.800. The maximum Gasteiger partial charge on any atom is 0.472 e. The summed E-state index contributed by atoms with van der Waals surface area (Å²) in [6.07, 6.45) is 32.6. The topological polar surface area (TPSA) is 151 Å². The van der Waals surface area contributed by atoms with E-state index in [-0.39, 0.29) is 26.2 Å². The first-order valence-electron chi connectivity index (χ1n) is 19.9. The number of carbonyl (C=O) groups is 1. The molecule has 0 aliphatic rings. The Kier molecular flexibility index (Phi) is 34.1. The van der Waals surface area contributed by atoms with Gasteiger partial charge in [-0.1, -0.05) is 154 Å². The molecular weight excluding hydrogens is 627 g/mol. The molecule has 0 fully saturated rings. The third-order valence-electron chi connectivity index (χ3n) is 8.92. The van der Waals surface area contributed by atoms with Crippen molar-refractivity contribution in [3.8, 4) is 0 Å². The predicted molar refractivity (Wildman–Crippen MR) is 200 cm³/mol. The molecule has 9 nitrogen and oxygen atoms in total. The summed E-state index contributed by atoms with van der Waals surface area (Å²) in [6, 6.07) is -0.896. The van der Waals surface area contributed by atoms with Crippen LogP contribution in [0.2, 0.25) is 0 Å². The molecule has 1 amide bonds. The Morgan fingerprint density at radius 2 is 1.12 bits per heavy atom. The Morgan fingerprint density at radius 3 is 1.65 bits per heavy atom. The molecule has 286 valence electrons. The average Bonchev–Trinajstić information content (AvgIpc) is 3.06. The van der Waals surface area contributed by atoms with Crippen LogP contribution >= 0.6 is 7.82 Å². The van der Waals surface area contributed by atoms with Gasteiger partial charge in [0.05, 0.1) is 37.9 Å². The van der Waals surface area contributed by atoms with Crippen molar-refractivity contribution in [3.05, 3.63) is 12.2 Å². The van der Waals surface area contributed by atoms with Crippen molar-refractivity contribution in [2.45, 2.75) is 205 Å². The molecule has 10 heteroatoms. The van der Waals surface area contributed by atoms with Gasteiger partial charge in [0.1, 0.15) is 0 Å². The minimum absolute atomic E-state index is 0.0591. The van der Waals surface area contributed by atoms with Crippen molar-refractivity contribution in [3.63, 3.8) is 0 Å². The van der Waals surface area contributed by atoms with Crippen LogP contribution in [0.15, 0.2) is 12.2 Å². The number of nitrogens with one attached hydrogen (secondary N) is 1. The largest absolute Gasteiger partial charge is 0.472 e. The summed E-state index contributed by atoms with van der Waals surface area (Å²) in [4.78, 5) is 22.7. The lowest BCUT2D eigenvalue weighted by atomic mass is 10.0. The summed E-state index contributed by atoms with van der Waals surface area (Å²) in [7, 11) is -4.37. The summed E-state index contributed by atoms with van der Waals surface area (Å²) in [5.74, 6) is -0.423. The van der Waals surface area contributed by atoms with Crippen LogP contribution in [0.3, 0.4) is 0 Å². The van der Waals surface area contributed by atoms with Gasteiger partial charge in [-0.15, -0.1) is 0 Å². The Morgan fingerprint density at radius 1 is 0.688 bits per heavy atom. The van der Waals surface area contributed by atoms with Gasteiger partial charge >= 0.3 is 7.82 Å². The van der Waals surface area contributed by atoms with Crippen LogP contribution < -0.4 is 11.1 Å². The van der Waals surface area contributed by atoms with E-state index >= 15 is 0 Å². The standard InChI is InChI=1S/C38H77N2O7P/c1-3-5-7-9-11-13-15-16-17-18-19-20-22-24-26-28-30-37(42)36(34-47-48(44,45)46-32-31-39)40-38(43)33-35(41)29-27-25-23-21-14-12-10-8-6-4-2/h12,14,35-37,41-42H,3-11,13,15-34,39H2,1-2H3,(H,40,43)(H,44,45)/b14-12-. The van der Waals surface area contributed by atoms with E-state index < -0.39 is 32.0 Å². The van der Waals surface area contributed by atoms with Gasteiger partial charge in [-0.25, -0.2) is 4.57 Å². The summed E-state index contributed by atoms with van der Waals surface area (Å²) in [5, 5.41) is 24.0. The van der Waals surface area contributed by atoms with Crippen molar-refractivity contribution in [2.24, 2.45) is 5.73 Å². The van der Waals surface area contributed by atoms with Crippen LogP contribution in [-0.2, 0) is 18.4 Å². The molecule has 48 heavy (non-hydrogen) atoms. The lowest BCUT2D eigenvalue weighted by molar-refractivity contribution is -0.125. The maximum absolute atomic E-state index is 12.7. The second-order valence-corrected chi connectivity index (χ2v) is 15.1. The highest BCUT2D eigenvalue weighted by atomic mass is 31.2. The third-order valence-corrected chi connectivity index (χ3v) is 9.91. The van der Waals surface area contributed by atoms with Crippen LogP contribution in [0.5, 0.6) is 0 Å². The van der Waals surface area contributed by atoms with Crippen molar-refractivity contribution < 1.29 is 33.5 Å². The van der Waals surface area contributed by atoms with Gasteiger partial charge in [0, 0.05) is 6.54 Å². The smallest absolute Gasteiger partial charge is 0.393 e. The molecule has 0 radical (unpaired) electrons. The van der Waals surface area contributed by atoms with Crippen molar-refractivity contribution >= 4 is 13.7 Å². The molecule has 0 aliphatic carbocycles. The van der Waals surface area contributed by atoms with Gasteiger partial charge in [-0.2, -0.15) is 0 Å². The third kappa shape index (κ3) is 32.4. The summed E-state index contributed by atoms with van der Waals surface area (Å²) >= 11 is 0. The fourth-order valence-corrected chi connectivity index (χ4v) is 6.64. The molecule has 4 unspecified atom stereocenters. The molecule has 0 spiro atoms. The van der Waals surface area contributed by atoms with E-state index in [9.17, 15) is 24.5 Å². The number of amides is 1. The summed E-state index contributed by atoms with van der Waals surface area (Å²) in [6.45, 7) is 4.00. The number of carbonyl (C=O) groups excluding carboxylic acids is 1. The van der Waals surface area contributed by atoms with Gasteiger partial charge in [-0.3, -0.25) is 13.8 Å². The number of phosphoric acid groups is 1. The van der Waals surface area contributed by atoms with Crippen LogP contribution in [0.25, 0.3) is 0 Å².